The van der Waals surface area contributed by atoms with Crippen LogP contribution in [0.2, 0.25) is 0 Å². The van der Waals surface area contributed by atoms with Crippen LogP contribution in [0.25, 0.3) is 0 Å². The maximum Gasteiger partial charge on any atom is 0.191 e. The van der Waals surface area contributed by atoms with Crippen LogP contribution in [0, 0.1) is 13.8 Å². The highest BCUT2D eigenvalue weighted by atomic mass is 15.3. The molecule has 0 aliphatic carbocycles. The molecule has 1 atom stereocenters. The minimum Gasteiger partial charge on any atom is -0.357 e. The molecule has 1 heterocycles. The Morgan fingerprint density at radius 3 is 2.52 bits per heavy atom. The summed E-state index contributed by atoms with van der Waals surface area (Å²) in [6.45, 7) is 12.5. The Morgan fingerprint density at radius 2 is 1.96 bits per heavy atom. The summed E-state index contributed by atoms with van der Waals surface area (Å²) in [6, 6.07) is 0.324. The Hall–Kier alpha value is -1.52. The molecule has 0 aliphatic rings. The number of aliphatic imine (C=N–C) groups is 1. The molecule has 5 nitrogen and oxygen atoms in total. The van der Waals surface area contributed by atoms with Crippen molar-refractivity contribution in [3.05, 3.63) is 17.0 Å². The van der Waals surface area contributed by atoms with Crippen LogP contribution in [0.3, 0.4) is 0 Å². The average molecular weight is 322 g/mol. The molecule has 1 aromatic heterocycles. The average Bonchev–Trinajstić information content (AvgIpc) is 2.73. The van der Waals surface area contributed by atoms with Crippen LogP contribution in [0.1, 0.15) is 63.4 Å². The van der Waals surface area contributed by atoms with E-state index < -0.39 is 0 Å². The Morgan fingerprint density at radius 1 is 1.22 bits per heavy atom. The van der Waals surface area contributed by atoms with Crippen LogP contribution in [0.15, 0.2) is 4.99 Å². The maximum absolute atomic E-state index is 4.69. The Labute approximate surface area is 142 Å². The third-order valence-electron chi connectivity index (χ3n) is 4.18. The Balaban J connectivity index is 2.56. The zero-order chi connectivity index (χ0) is 17.2. The first kappa shape index (κ1) is 19.5. The highest BCUT2D eigenvalue weighted by Crippen LogP contribution is 2.14. The molecule has 1 unspecified atom stereocenters. The predicted molar refractivity (Wildman–Crippen MR) is 99.1 cm³/mol. The summed E-state index contributed by atoms with van der Waals surface area (Å²) in [6.07, 6.45) is 5.97. The molecular weight excluding hydrogens is 286 g/mol. The first-order chi connectivity index (χ1) is 11.0. The van der Waals surface area contributed by atoms with Crippen LogP contribution >= 0.6 is 0 Å². The van der Waals surface area contributed by atoms with Crippen molar-refractivity contribution in [3.8, 4) is 0 Å². The smallest absolute Gasteiger partial charge is 0.191 e. The number of unbranched alkanes of at least 4 members (excludes halogenated alkanes) is 3. The molecule has 0 amide bonds. The predicted octanol–water partition coefficient (Wildman–Crippen LogP) is 3.10. The summed E-state index contributed by atoms with van der Waals surface area (Å²) in [5.74, 6) is 0.927. The van der Waals surface area contributed by atoms with E-state index >= 15 is 0 Å². The molecule has 0 radical (unpaired) electrons. The van der Waals surface area contributed by atoms with Gasteiger partial charge in [-0.15, -0.1) is 0 Å². The van der Waals surface area contributed by atoms with Gasteiger partial charge in [-0.25, -0.2) is 0 Å². The van der Waals surface area contributed by atoms with E-state index in [0.717, 1.165) is 31.2 Å². The fourth-order valence-corrected chi connectivity index (χ4v) is 2.75. The minimum atomic E-state index is 0.324. The molecule has 0 fully saturated rings. The third-order valence-corrected chi connectivity index (χ3v) is 4.18. The molecule has 0 spiro atoms. The van der Waals surface area contributed by atoms with Crippen molar-refractivity contribution in [2.75, 3.05) is 13.1 Å². The number of aromatic nitrogens is 2. The van der Waals surface area contributed by atoms with Crippen molar-refractivity contribution in [1.82, 2.24) is 20.4 Å². The summed E-state index contributed by atoms with van der Waals surface area (Å²) < 4.78 is 1.96. The molecule has 0 aromatic carbocycles. The first-order valence-corrected chi connectivity index (χ1v) is 9.03. The summed E-state index contributed by atoms with van der Waals surface area (Å²) >= 11 is 0. The summed E-state index contributed by atoms with van der Waals surface area (Å²) in [7, 11) is 2.01. The van der Waals surface area contributed by atoms with Gasteiger partial charge < -0.3 is 10.6 Å². The lowest BCUT2D eigenvalue weighted by Crippen LogP contribution is -2.43. The number of guanidine groups is 1. The molecular formula is C18H35N5. The molecule has 0 saturated heterocycles. The quantitative estimate of drug-likeness (QED) is 0.417. The maximum atomic E-state index is 4.69. The number of hydrogen-bond acceptors (Lipinski definition) is 2. The summed E-state index contributed by atoms with van der Waals surface area (Å²) in [4.78, 5) is 4.69. The van der Waals surface area contributed by atoms with E-state index in [4.69, 9.17) is 4.99 Å². The van der Waals surface area contributed by atoms with E-state index in [2.05, 4.69) is 50.4 Å². The van der Waals surface area contributed by atoms with Crippen molar-refractivity contribution in [3.63, 3.8) is 0 Å². The number of nitrogens with one attached hydrogen (secondary N) is 2. The monoisotopic (exact) mass is 321 g/mol. The van der Waals surface area contributed by atoms with Gasteiger partial charge in [0.25, 0.3) is 0 Å². The van der Waals surface area contributed by atoms with Gasteiger partial charge in [0, 0.05) is 31.9 Å². The number of hydrogen-bond donors (Lipinski definition) is 2. The molecule has 2 N–H and O–H groups in total. The van der Waals surface area contributed by atoms with Crippen molar-refractivity contribution < 1.29 is 0 Å². The van der Waals surface area contributed by atoms with Crippen molar-refractivity contribution in [2.45, 2.75) is 72.8 Å². The highest BCUT2D eigenvalue weighted by Gasteiger charge is 2.13. The van der Waals surface area contributed by atoms with E-state index in [9.17, 15) is 0 Å². The van der Waals surface area contributed by atoms with Gasteiger partial charge >= 0.3 is 0 Å². The van der Waals surface area contributed by atoms with Gasteiger partial charge in [0.2, 0.25) is 0 Å². The first-order valence-electron chi connectivity index (χ1n) is 9.03. The number of rotatable bonds is 9. The van der Waals surface area contributed by atoms with E-state index in [1.165, 1.54) is 36.9 Å². The lowest BCUT2D eigenvalue weighted by molar-refractivity contribution is 0.629. The topological polar surface area (TPSA) is 54.2 Å². The fourth-order valence-electron chi connectivity index (χ4n) is 2.75. The van der Waals surface area contributed by atoms with Crippen molar-refractivity contribution >= 4 is 5.96 Å². The van der Waals surface area contributed by atoms with Gasteiger partial charge in [-0.2, -0.15) is 5.10 Å². The van der Waals surface area contributed by atoms with Crippen LogP contribution in [0.4, 0.5) is 0 Å². The SMILES string of the molecule is CCCCCCN=C(NCC)NC(C)Cc1c(C)nn(C)c1C. The Bertz CT molecular complexity index is 490. The molecule has 0 aliphatic heterocycles. The van der Waals surface area contributed by atoms with E-state index in [0.29, 0.717) is 6.04 Å². The third kappa shape index (κ3) is 6.63. The molecule has 1 rings (SSSR count). The van der Waals surface area contributed by atoms with Gasteiger partial charge in [-0.05, 0) is 46.1 Å². The second-order valence-electron chi connectivity index (χ2n) is 6.34. The lowest BCUT2D eigenvalue weighted by atomic mass is 10.1. The van der Waals surface area contributed by atoms with E-state index in [1.807, 2.05) is 11.7 Å². The summed E-state index contributed by atoms with van der Waals surface area (Å²) in [5.41, 5.74) is 3.71. The van der Waals surface area contributed by atoms with Gasteiger partial charge in [0.05, 0.1) is 5.69 Å². The van der Waals surface area contributed by atoms with E-state index in [1.54, 1.807) is 0 Å². The molecule has 132 valence electrons. The normalized spacial score (nSPS) is 13.2. The molecule has 23 heavy (non-hydrogen) atoms. The van der Waals surface area contributed by atoms with Gasteiger partial charge in [-0.3, -0.25) is 9.67 Å². The zero-order valence-corrected chi connectivity index (χ0v) is 15.9. The van der Waals surface area contributed by atoms with Crippen LogP contribution in [-0.2, 0) is 13.5 Å². The molecule has 0 bridgehead atoms. The van der Waals surface area contributed by atoms with Crippen LogP contribution in [0.5, 0.6) is 0 Å². The number of nitrogens with zero attached hydrogens (tertiary/aromatic N) is 3. The standard InChI is InChI=1S/C18H35N5/c1-7-9-10-11-12-20-18(19-8-2)21-14(3)13-17-15(4)22-23(6)16(17)5/h14H,7-13H2,1-6H3,(H2,19,20,21). The van der Waals surface area contributed by atoms with Crippen molar-refractivity contribution in [2.24, 2.45) is 12.0 Å². The van der Waals surface area contributed by atoms with Crippen LogP contribution < -0.4 is 10.6 Å². The lowest BCUT2D eigenvalue weighted by Gasteiger charge is -2.18. The molecule has 5 heteroatoms. The number of aryl methyl sites for hydroxylation is 2. The zero-order valence-electron chi connectivity index (χ0n) is 15.9. The summed E-state index contributed by atoms with van der Waals surface area (Å²) in [5, 5.41) is 11.4. The van der Waals surface area contributed by atoms with Crippen LogP contribution in [-0.4, -0.2) is 34.9 Å². The Kier molecular flexibility index (Phi) is 8.74. The second kappa shape index (κ2) is 10.3. The fraction of sp³-hybridized carbons (Fsp3) is 0.778. The minimum absolute atomic E-state index is 0.324. The highest BCUT2D eigenvalue weighted by molar-refractivity contribution is 5.80. The van der Waals surface area contributed by atoms with E-state index in [-0.39, 0.29) is 0 Å². The van der Waals surface area contributed by atoms with Gasteiger partial charge in [0.1, 0.15) is 0 Å². The molecule has 0 saturated carbocycles. The van der Waals surface area contributed by atoms with Gasteiger partial charge in [0.15, 0.2) is 5.96 Å². The second-order valence-corrected chi connectivity index (χ2v) is 6.34. The largest absolute Gasteiger partial charge is 0.357 e. The molecule has 1 aromatic rings. The van der Waals surface area contributed by atoms with Crippen molar-refractivity contribution in [1.29, 1.82) is 0 Å². The van der Waals surface area contributed by atoms with Gasteiger partial charge in [-0.1, -0.05) is 26.2 Å².